The van der Waals surface area contributed by atoms with Crippen LogP contribution in [0, 0.1) is 11.8 Å². The highest BCUT2D eigenvalue weighted by atomic mass is 32.2. The van der Waals surface area contributed by atoms with Crippen molar-refractivity contribution in [1.82, 2.24) is 10.2 Å². The lowest BCUT2D eigenvalue weighted by Gasteiger charge is -2.43. The fraction of sp³-hybridized carbons (Fsp3) is 0.950. The van der Waals surface area contributed by atoms with Gasteiger partial charge in [-0.2, -0.15) is 0 Å². The van der Waals surface area contributed by atoms with Gasteiger partial charge in [-0.25, -0.2) is 0 Å². The maximum Gasteiger partial charge on any atom is 0.229 e. The Morgan fingerprint density at radius 2 is 1.93 bits per heavy atom. The summed E-state index contributed by atoms with van der Waals surface area (Å²) in [6, 6.07) is 0. The Bertz CT molecular complexity index is 523. The summed E-state index contributed by atoms with van der Waals surface area (Å²) < 4.78 is 5.72. The third-order valence-corrected chi connectivity index (χ3v) is 7.03. The van der Waals surface area contributed by atoms with Crippen molar-refractivity contribution in [3.63, 3.8) is 0 Å². The molecule has 9 atom stereocenters. The van der Waals surface area contributed by atoms with Gasteiger partial charge in [0.2, 0.25) is 5.91 Å². The number of rotatable bonds is 9. The smallest absolute Gasteiger partial charge is 0.229 e. The molecule has 0 radical (unpaired) electrons. The Morgan fingerprint density at radius 3 is 2.52 bits per heavy atom. The van der Waals surface area contributed by atoms with Gasteiger partial charge in [0.05, 0.1) is 18.2 Å². The normalized spacial score (nSPS) is 38.0. The zero-order valence-electron chi connectivity index (χ0n) is 17.9. The van der Waals surface area contributed by atoms with Crippen LogP contribution in [-0.4, -0.2) is 93.2 Å². The number of carbonyl (C=O) groups is 1. The zero-order valence-corrected chi connectivity index (χ0v) is 18.7. The SMILES string of the molecule is CCCCC[C@H]1C[C@@H](NC(=O)[C@H]([C@@H]2O[C@H](SC)[C@@H](O)[C@H](O)[C@H]2O)[C@H](C)O)N(C)C1. The van der Waals surface area contributed by atoms with Gasteiger partial charge < -0.3 is 30.5 Å². The molecule has 9 heteroatoms. The van der Waals surface area contributed by atoms with E-state index in [0.29, 0.717) is 5.92 Å². The van der Waals surface area contributed by atoms with E-state index in [4.69, 9.17) is 4.74 Å². The number of hydrogen-bond acceptors (Lipinski definition) is 8. The van der Waals surface area contributed by atoms with Crippen molar-refractivity contribution < 1.29 is 30.0 Å². The minimum absolute atomic E-state index is 0.136. The molecule has 5 N–H and O–H groups in total. The van der Waals surface area contributed by atoms with Gasteiger partial charge in [0.15, 0.2) is 0 Å². The summed E-state index contributed by atoms with van der Waals surface area (Å²) in [5.41, 5.74) is -0.787. The Labute approximate surface area is 178 Å². The average molecular weight is 435 g/mol. The largest absolute Gasteiger partial charge is 0.392 e. The molecule has 0 aliphatic carbocycles. The minimum Gasteiger partial charge on any atom is -0.392 e. The fourth-order valence-electron chi connectivity index (χ4n) is 4.43. The standard InChI is InChI=1S/C20H38N2O6S/c1-5-6-7-8-12-9-13(22(3)10-12)21-19(27)14(11(2)23)18-16(25)15(24)17(26)20(28-18)29-4/h11-18,20,23-26H,5-10H2,1-4H3,(H,21,27)/t11-,12-,13-,14-,15+,16+,17-,18-,20+/m0/s1. The Balaban J connectivity index is 2.04. The molecule has 0 aromatic rings. The first-order valence-corrected chi connectivity index (χ1v) is 11.9. The summed E-state index contributed by atoms with van der Waals surface area (Å²) >= 11 is 1.18. The topological polar surface area (TPSA) is 122 Å². The van der Waals surface area contributed by atoms with E-state index in [1.165, 1.54) is 37.9 Å². The van der Waals surface area contributed by atoms with E-state index in [9.17, 15) is 25.2 Å². The van der Waals surface area contributed by atoms with Crippen LogP contribution in [0.4, 0.5) is 0 Å². The first-order valence-electron chi connectivity index (χ1n) is 10.6. The Kier molecular flexibility index (Phi) is 9.66. The molecular formula is C20H38N2O6S. The molecule has 1 amide bonds. The van der Waals surface area contributed by atoms with Crippen LogP contribution < -0.4 is 5.32 Å². The molecule has 170 valence electrons. The van der Waals surface area contributed by atoms with Gasteiger partial charge >= 0.3 is 0 Å². The molecule has 0 aromatic carbocycles. The second-order valence-corrected chi connectivity index (χ2v) is 9.44. The van der Waals surface area contributed by atoms with Gasteiger partial charge in [-0.1, -0.05) is 26.2 Å². The molecule has 2 fully saturated rings. The van der Waals surface area contributed by atoms with Crippen LogP contribution in [0.1, 0.15) is 46.0 Å². The number of aliphatic hydroxyl groups is 4. The van der Waals surface area contributed by atoms with Crippen LogP contribution in [0.2, 0.25) is 0 Å². The lowest BCUT2D eigenvalue weighted by atomic mass is 9.86. The molecule has 0 aromatic heterocycles. The van der Waals surface area contributed by atoms with Crippen LogP contribution in [0.3, 0.4) is 0 Å². The van der Waals surface area contributed by atoms with Crippen molar-refractivity contribution in [2.24, 2.45) is 11.8 Å². The van der Waals surface area contributed by atoms with Crippen molar-refractivity contribution in [2.75, 3.05) is 19.8 Å². The van der Waals surface area contributed by atoms with Gasteiger partial charge in [-0.3, -0.25) is 9.69 Å². The summed E-state index contributed by atoms with van der Waals surface area (Å²) in [4.78, 5) is 15.1. The Hall–Kier alpha value is -0.420. The van der Waals surface area contributed by atoms with Crippen molar-refractivity contribution in [3.05, 3.63) is 0 Å². The number of ether oxygens (including phenoxy) is 1. The predicted molar refractivity (Wildman–Crippen MR) is 112 cm³/mol. The molecule has 29 heavy (non-hydrogen) atoms. The van der Waals surface area contributed by atoms with E-state index in [0.717, 1.165) is 19.4 Å². The second-order valence-electron chi connectivity index (χ2n) is 8.50. The number of nitrogens with zero attached hydrogens (tertiary/aromatic N) is 1. The number of nitrogens with one attached hydrogen (secondary N) is 1. The number of amides is 1. The van der Waals surface area contributed by atoms with Crippen molar-refractivity contribution in [1.29, 1.82) is 0 Å². The lowest BCUT2D eigenvalue weighted by Crippen LogP contribution is -2.62. The molecule has 0 bridgehead atoms. The quantitative estimate of drug-likeness (QED) is 0.325. The monoisotopic (exact) mass is 434 g/mol. The molecule has 2 rings (SSSR count). The van der Waals surface area contributed by atoms with Gasteiger partial charge in [-0.05, 0) is 39.0 Å². The van der Waals surface area contributed by atoms with E-state index < -0.39 is 47.8 Å². The number of thioether (sulfide) groups is 1. The summed E-state index contributed by atoms with van der Waals surface area (Å²) in [6.45, 7) is 4.56. The van der Waals surface area contributed by atoms with Crippen molar-refractivity contribution in [3.8, 4) is 0 Å². The van der Waals surface area contributed by atoms with Gasteiger partial charge in [-0.15, -0.1) is 11.8 Å². The highest BCUT2D eigenvalue weighted by molar-refractivity contribution is 7.99. The maximum absolute atomic E-state index is 13.0. The highest BCUT2D eigenvalue weighted by Gasteiger charge is 2.50. The maximum atomic E-state index is 13.0. The third kappa shape index (κ3) is 6.06. The summed E-state index contributed by atoms with van der Waals surface area (Å²) in [5.74, 6) is -0.955. The molecule has 0 spiro atoms. The first kappa shape index (κ1) is 24.8. The van der Waals surface area contributed by atoms with Crippen LogP contribution >= 0.6 is 11.8 Å². The molecule has 2 saturated heterocycles. The lowest BCUT2D eigenvalue weighted by molar-refractivity contribution is -0.218. The molecular weight excluding hydrogens is 396 g/mol. The molecule has 2 aliphatic heterocycles. The minimum atomic E-state index is -1.47. The van der Waals surface area contributed by atoms with Gasteiger partial charge in [0, 0.05) is 6.54 Å². The van der Waals surface area contributed by atoms with E-state index in [2.05, 4.69) is 17.1 Å². The first-order chi connectivity index (χ1) is 13.7. The molecule has 2 heterocycles. The van der Waals surface area contributed by atoms with E-state index >= 15 is 0 Å². The number of likely N-dealkylation sites (tertiary alicyclic amines) is 1. The molecule has 0 unspecified atom stereocenters. The second kappa shape index (κ2) is 11.3. The molecule has 0 saturated carbocycles. The summed E-state index contributed by atoms with van der Waals surface area (Å²) in [6.07, 6.45) is 0.743. The van der Waals surface area contributed by atoms with Crippen molar-refractivity contribution in [2.45, 2.75) is 88.1 Å². The van der Waals surface area contributed by atoms with Gasteiger partial charge in [0.25, 0.3) is 0 Å². The van der Waals surface area contributed by atoms with Gasteiger partial charge in [0.1, 0.15) is 29.9 Å². The molecule has 8 nitrogen and oxygen atoms in total. The predicted octanol–water partition coefficient (Wildman–Crippen LogP) is 0.128. The number of carbonyl (C=O) groups excluding carboxylic acids is 1. The van der Waals surface area contributed by atoms with E-state index in [1.807, 2.05) is 7.05 Å². The van der Waals surface area contributed by atoms with Crippen molar-refractivity contribution >= 4 is 17.7 Å². The van der Waals surface area contributed by atoms with Crippen LogP contribution in [0.5, 0.6) is 0 Å². The third-order valence-electron chi connectivity index (χ3n) is 6.17. The van der Waals surface area contributed by atoms with Crippen LogP contribution in [0.25, 0.3) is 0 Å². The van der Waals surface area contributed by atoms with E-state index in [1.54, 1.807) is 6.26 Å². The van der Waals surface area contributed by atoms with E-state index in [-0.39, 0.29) is 6.17 Å². The number of aliphatic hydroxyl groups excluding tert-OH is 4. The summed E-state index contributed by atoms with van der Waals surface area (Å²) in [7, 11) is 1.97. The van der Waals surface area contributed by atoms with Crippen LogP contribution in [-0.2, 0) is 9.53 Å². The fourth-order valence-corrected chi connectivity index (χ4v) is 5.11. The molecule has 2 aliphatic rings. The number of hydrogen-bond donors (Lipinski definition) is 5. The Morgan fingerprint density at radius 1 is 1.24 bits per heavy atom. The van der Waals surface area contributed by atoms with Crippen LogP contribution in [0.15, 0.2) is 0 Å². The zero-order chi connectivity index (χ0) is 21.7. The number of unbranched alkanes of at least 4 members (excludes halogenated alkanes) is 2. The average Bonchev–Trinajstić information content (AvgIpc) is 3.01. The summed E-state index contributed by atoms with van der Waals surface area (Å²) in [5, 5.41) is 43.9. The highest BCUT2D eigenvalue weighted by Crippen LogP contribution is 2.32.